The molecule has 3 aromatic rings. The number of carbonyl (C=O) groups is 1. The van der Waals surface area contributed by atoms with Gasteiger partial charge in [0, 0.05) is 11.1 Å². The highest BCUT2D eigenvalue weighted by molar-refractivity contribution is 5.95. The van der Waals surface area contributed by atoms with Crippen LogP contribution in [0.2, 0.25) is 0 Å². The largest absolute Gasteiger partial charge is 0.494 e. The van der Waals surface area contributed by atoms with Crippen molar-refractivity contribution in [1.82, 2.24) is 5.43 Å². The molecule has 5 heteroatoms. The van der Waals surface area contributed by atoms with Crippen LogP contribution in [0, 0.1) is 0 Å². The first-order valence-electron chi connectivity index (χ1n) is 13.1. The van der Waals surface area contributed by atoms with E-state index < -0.39 is 0 Å². The summed E-state index contributed by atoms with van der Waals surface area (Å²) in [6.45, 7) is 3.41. The molecule has 5 nitrogen and oxygen atoms in total. The van der Waals surface area contributed by atoms with Crippen LogP contribution >= 0.6 is 0 Å². The number of para-hydroxylation sites is 1. The minimum absolute atomic E-state index is 0.274. The van der Waals surface area contributed by atoms with E-state index in [0.29, 0.717) is 24.5 Å². The number of hydrogen-bond donors (Lipinski definition) is 1. The van der Waals surface area contributed by atoms with Crippen LogP contribution in [0.25, 0.3) is 0 Å². The minimum Gasteiger partial charge on any atom is -0.494 e. The molecule has 190 valence electrons. The second kappa shape index (κ2) is 16.1. The molecule has 1 amide bonds. The molecule has 0 aliphatic rings. The highest BCUT2D eigenvalue weighted by Crippen LogP contribution is 2.18. The van der Waals surface area contributed by atoms with Crippen molar-refractivity contribution in [2.45, 2.75) is 64.9 Å². The van der Waals surface area contributed by atoms with E-state index in [1.807, 2.05) is 66.7 Å². The summed E-state index contributed by atoms with van der Waals surface area (Å²) in [6, 6.07) is 24.8. The topological polar surface area (TPSA) is 59.9 Å². The van der Waals surface area contributed by atoms with Gasteiger partial charge in [0.15, 0.2) is 0 Å². The molecule has 36 heavy (non-hydrogen) atoms. The molecule has 0 heterocycles. The summed E-state index contributed by atoms with van der Waals surface area (Å²) in [5.74, 6) is 1.21. The summed E-state index contributed by atoms with van der Waals surface area (Å²) in [4.78, 5) is 12.5. The van der Waals surface area contributed by atoms with Gasteiger partial charge in [-0.1, -0.05) is 94.3 Å². The van der Waals surface area contributed by atoms with Gasteiger partial charge < -0.3 is 9.47 Å². The number of hydrogen-bond acceptors (Lipinski definition) is 4. The van der Waals surface area contributed by atoms with Crippen LogP contribution in [0.15, 0.2) is 84.0 Å². The average molecular weight is 487 g/mol. The molecular formula is C31H38N2O3. The Morgan fingerprint density at radius 2 is 1.44 bits per heavy atom. The molecule has 3 aromatic carbocycles. The van der Waals surface area contributed by atoms with Gasteiger partial charge in [0.25, 0.3) is 5.91 Å². The second-order valence-corrected chi connectivity index (χ2v) is 8.86. The number of carbonyl (C=O) groups excluding carboxylic acids is 1. The monoisotopic (exact) mass is 486 g/mol. The quantitative estimate of drug-likeness (QED) is 0.129. The maximum Gasteiger partial charge on any atom is 0.271 e. The van der Waals surface area contributed by atoms with E-state index in [0.717, 1.165) is 23.3 Å². The van der Waals surface area contributed by atoms with Crippen molar-refractivity contribution < 1.29 is 14.3 Å². The van der Waals surface area contributed by atoms with E-state index in [4.69, 9.17) is 9.47 Å². The van der Waals surface area contributed by atoms with Crippen molar-refractivity contribution >= 4 is 12.1 Å². The van der Waals surface area contributed by atoms with Gasteiger partial charge in [-0.15, -0.1) is 0 Å². The number of unbranched alkanes of at least 4 members (excludes halogenated alkanes) is 7. The molecule has 0 aliphatic heterocycles. The Morgan fingerprint density at radius 1 is 0.778 bits per heavy atom. The number of amides is 1. The molecule has 0 fully saturated rings. The van der Waals surface area contributed by atoms with Gasteiger partial charge in [-0.05, 0) is 48.4 Å². The minimum atomic E-state index is -0.274. The third-order valence-electron chi connectivity index (χ3n) is 5.91. The van der Waals surface area contributed by atoms with E-state index in [1.165, 1.54) is 44.9 Å². The van der Waals surface area contributed by atoms with Gasteiger partial charge in [-0.3, -0.25) is 4.79 Å². The first-order chi connectivity index (χ1) is 17.8. The summed E-state index contributed by atoms with van der Waals surface area (Å²) < 4.78 is 11.8. The maximum atomic E-state index is 12.5. The van der Waals surface area contributed by atoms with Crippen LogP contribution in [-0.4, -0.2) is 18.7 Å². The van der Waals surface area contributed by atoms with Crippen molar-refractivity contribution in [2.75, 3.05) is 6.61 Å². The fourth-order valence-corrected chi connectivity index (χ4v) is 3.81. The fraction of sp³-hybridized carbons (Fsp3) is 0.355. The Labute approximate surface area is 215 Å². The Morgan fingerprint density at radius 3 is 2.19 bits per heavy atom. The van der Waals surface area contributed by atoms with Crippen molar-refractivity contribution in [3.63, 3.8) is 0 Å². The van der Waals surface area contributed by atoms with E-state index in [-0.39, 0.29) is 5.91 Å². The normalized spacial score (nSPS) is 10.9. The molecule has 0 aromatic heterocycles. The fourth-order valence-electron chi connectivity index (χ4n) is 3.81. The lowest BCUT2D eigenvalue weighted by Gasteiger charge is -2.09. The molecule has 0 unspecified atom stereocenters. The summed E-state index contributed by atoms with van der Waals surface area (Å²) in [6.07, 6.45) is 11.8. The molecule has 0 radical (unpaired) electrons. The lowest BCUT2D eigenvalue weighted by Crippen LogP contribution is -2.17. The standard InChI is InChI=1S/C31H38N2O3/c1-2-3-4-5-6-7-8-14-23-35-29-21-19-27(20-22-29)31(34)33-32-24-28-17-12-13-18-30(28)36-25-26-15-10-9-11-16-26/h9-13,15-22,24H,2-8,14,23,25H2,1H3,(H,33,34). The molecule has 0 saturated heterocycles. The predicted octanol–water partition coefficient (Wildman–Crippen LogP) is 7.55. The molecule has 0 spiro atoms. The highest BCUT2D eigenvalue weighted by Gasteiger charge is 2.06. The molecule has 1 N–H and O–H groups in total. The third-order valence-corrected chi connectivity index (χ3v) is 5.91. The molecule has 0 bridgehead atoms. The van der Waals surface area contributed by atoms with Gasteiger partial charge in [-0.2, -0.15) is 5.10 Å². The number of benzene rings is 3. The third kappa shape index (κ3) is 9.95. The lowest BCUT2D eigenvalue weighted by molar-refractivity contribution is 0.0955. The Kier molecular flexibility index (Phi) is 12.1. The summed E-state index contributed by atoms with van der Waals surface area (Å²) in [5.41, 5.74) is 4.99. The number of nitrogens with one attached hydrogen (secondary N) is 1. The molecule has 3 rings (SSSR count). The van der Waals surface area contributed by atoms with E-state index in [2.05, 4.69) is 17.5 Å². The first kappa shape index (κ1) is 27.0. The molecular weight excluding hydrogens is 448 g/mol. The van der Waals surface area contributed by atoms with Crippen molar-refractivity contribution in [3.8, 4) is 11.5 Å². The van der Waals surface area contributed by atoms with Crippen LogP contribution in [-0.2, 0) is 6.61 Å². The van der Waals surface area contributed by atoms with Gasteiger partial charge in [-0.25, -0.2) is 5.43 Å². The second-order valence-electron chi connectivity index (χ2n) is 8.86. The Hall–Kier alpha value is -3.60. The van der Waals surface area contributed by atoms with Gasteiger partial charge >= 0.3 is 0 Å². The van der Waals surface area contributed by atoms with Gasteiger partial charge in [0.2, 0.25) is 0 Å². The van der Waals surface area contributed by atoms with Crippen molar-refractivity contribution in [2.24, 2.45) is 5.10 Å². The Bertz CT molecular complexity index is 1050. The zero-order valence-electron chi connectivity index (χ0n) is 21.3. The summed E-state index contributed by atoms with van der Waals surface area (Å²) >= 11 is 0. The van der Waals surface area contributed by atoms with Crippen LogP contribution in [0.5, 0.6) is 11.5 Å². The van der Waals surface area contributed by atoms with Gasteiger partial charge in [0.1, 0.15) is 18.1 Å². The van der Waals surface area contributed by atoms with Crippen LogP contribution in [0.3, 0.4) is 0 Å². The van der Waals surface area contributed by atoms with Crippen LogP contribution in [0.1, 0.15) is 79.8 Å². The molecule has 0 atom stereocenters. The molecule has 0 saturated carbocycles. The number of hydrazone groups is 1. The smallest absolute Gasteiger partial charge is 0.271 e. The van der Waals surface area contributed by atoms with E-state index in [9.17, 15) is 4.79 Å². The van der Waals surface area contributed by atoms with Crippen LogP contribution in [0.4, 0.5) is 0 Å². The number of nitrogens with zero attached hydrogens (tertiary/aromatic N) is 1. The zero-order valence-corrected chi connectivity index (χ0v) is 21.3. The number of ether oxygens (including phenoxy) is 2. The average Bonchev–Trinajstić information content (AvgIpc) is 2.92. The predicted molar refractivity (Wildman–Crippen MR) is 147 cm³/mol. The first-order valence-corrected chi connectivity index (χ1v) is 13.1. The Balaban J connectivity index is 1.38. The lowest BCUT2D eigenvalue weighted by atomic mass is 10.1. The van der Waals surface area contributed by atoms with Crippen molar-refractivity contribution in [1.29, 1.82) is 0 Å². The number of rotatable bonds is 16. The molecule has 0 aliphatic carbocycles. The summed E-state index contributed by atoms with van der Waals surface area (Å²) in [7, 11) is 0. The van der Waals surface area contributed by atoms with E-state index >= 15 is 0 Å². The van der Waals surface area contributed by atoms with Crippen molar-refractivity contribution in [3.05, 3.63) is 95.6 Å². The summed E-state index contributed by atoms with van der Waals surface area (Å²) in [5, 5.41) is 4.12. The zero-order chi connectivity index (χ0) is 25.3. The van der Waals surface area contributed by atoms with E-state index in [1.54, 1.807) is 18.3 Å². The maximum absolute atomic E-state index is 12.5. The highest BCUT2D eigenvalue weighted by atomic mass is 16.5. The van der Waals surface area contributed by atoms with Crippen LogP contribution < -0.4 is 14.9 Å². The SMILES string of the molecule is CCCCCCCCCCOc1ccc(C(=O)NN=Cc2ccccc2OCc2ccccc2)cc1. The van der Waals surface area contributed by atoms with Gasteiger partial charge in [0.05, 0.1) is 12.8 Å².